The molecule has 0 bridgehead atoms. The first kappa shape index (κ1) is 9.21. The van der Waals surface area contributed by atoms with Crippen LogP contribution in [0.3, 0.4) is 0 Å². The van der Waals surface area contributed by atoms with Crippen LogP contribution in [0.4, 0.5) is 10.1 Å². The molecule has 2 rings (SSSR count). The SMILES string of the molecule is Nc1cn[nH]c1-c1cccc(F)c1Br. The summed E-state index contributed by atoms with van der Waals surface area (Å²) in [5.74, 6) is -0.323. The third-order valence-corrected chi connectivity index (χ3v) is 2.70. The average molecular weight is 256 g/mol. The molecule has 0 atom stereocenters. The molecule has 0 saturated heterocycles. The summed E-state index contributed by atoms with van der Waals surface area (Å²) >= 11 is 3.16. The molecule has 0 unspecified atom stereocenters. The maximum Gasteiger partial charge on any atom is 0.138 e. The van der Waals surface area contributed by atoms with Crippen molar-refractivity contribution < 1.29 is 4.39 Å². The number of nitrogens with zero attached hydrogens (tertiary/aromatic N) is 1. The van der Waals surface area contributed by atoms with Crippen LogP contribution in [-0.2, 0) is 0 Å². The number of rotatable bonds is 1. The van der Waals surface area contributed by atoms with Crippen LogP contribution < -0.4 is 5.73 Å². The second-order valence-corrected chi connectivity index (χ2v) is 3.59. The number of halogens is 2. The van der Waals surface area contributed by atoms with Crippen molar-refractivity contribution in [2.75, 3.05) is 5.73 Å². The summed E-state index contributed by atoms with van der Waals surface area (Å²) in [6, 6.07) is 4.76. The second-order valence-electron chi connectivity index (χ2n) is 2.80. The summed E-state index contributed by atoms with van der Waals surface area (Å²) in [7, 11) is 0. The minimum absolute atomic E-state index is 0.323. The van der Waals surface area contributed by atoms with Gasteiger partial charge in [0.25, 0.3) is 0 Å². The number of benzene rings is 1. The van der Waals surface area contributed by atoms with Gasteiger partial charge in [0.05, 0.1) is 22.1 Å². The third kappa shape index (κ3) is 1.39. The smallest absolute Gasteiger partial charge is 0.138 e. The number of nitrogen functional groups attached to an aromatic ring is 1. The highest BCUT2D eigenvalue weighted by atomic mass is 79.9. The monoisotopic (exact) mass is 255 g/mol. The van der Waals surface area contributed by atoms with E-state index in [0.717, 1.165) is 0 Å². The zero-order chi connectivity index (χ0) is 10.1. The van der Waals surface area contributed by atoms with Gasteiger partial charge in [0.15, 0.2) is 0 Å². The molecule has 2 aromatic rings. The Balaban J connectivity index is 2.63. The van der Waals surface area contributed by atoms with Crippen LogP contribution in [0.1, 0.15) is 0 Å². The predicted octanol–water partition coefficient (Wildman–Crippen LogP) is 2.56. The van der Waals surface area contributed by atoms with E-state index in [4.69, 9.17) is 5.73 Å². The van der Waals surface area contributed by atoms with Gasteiger partial charge in [-0.25, -0.2) is 4.39 Å². The van der Waals surface area contributed by atoms with Gasteiger partial charge >= 0.3 is 0 Å². The van der Waals surface area contributed by atoms with Crippen molar-refractivity contribution in [1.29, 1.82) is 0 Å². The molecule has 0 saturated carbocycles. The number of nitrogens with two attached hydrogens (primary N) is 1. The maximum absolute atomic E-state index is 13.2. The van der Waals surface area contributed by atoms with Crippen LogP contribution in [0.5, 0.6) is 0 Å². The maximum atomic E-state index is 13.2. The van der Waals surface area contributed by atoms with Crippen LogP contribution in [0.2, 0.25) is 0 Å². The molecule has 0 aliphatic carbocycles. The van der Waals surface area contributed by atoms with Crippen LogP contribution in [-0.4, -0.2) is 10.2 Å². The summed E-state index contributed by atoms with van der Waals surface area (Å²) in [5.41, 5.74) is 7.44. The molecule has 0 spiro atoms. The Morgan fingerprint density at radius 1 is 1.43 bits per heavy atom. The van der Waals surface area contributed by atoms with E-state index >= 15 is 0 Å². The van der Waals surface area contributed by atoms with Crippen molar-refractivity contribution in [3.8, 4) is 11.3 Å². The molecular formula is C9H7BrFN3. The predicted molar refractivity (Wildman–Crippen MR) is 56.1 cm³/mol. The highest BCUT2D eigenvalue weighted by Gasteiger charge is 2.10. The largest absolute Gasteiger partial charge is 0.396 e. The molecule has 72 valence electrons. The molecule has 1 aromatic carbocycles. The van der Waals surface area contributed by atoms with Crippen LogP contribution in [0, 0.1) is 5.82 Å². The molecule has 0 aliphatic heterocycles. The lowest BCUT2D eigenvalue weighted by atomic mass is 10.1. The normalized spacial score (nSPS) is 10.4. The number of anilines is 1. The van der Waals surface area contributed by atoms with Gasteiger partial charge in [0.1, 0.15) is 5.82 Å². The first-order valence-electron chi connectivity index (χ1n) is 3.93. The number of nitrogens with one attached hydrogen (secondary N) is 1. The lowest BCUT2D eigenvalue weighted by Gasteiger charge is -2.03. The fraction of sp³-hybridized carbons (Fsp3) is 0. The van der Waals surface area contributed by atoms with Crippen LogP contribution >= 0.6 is 15.9 Å². The lowest BCUT2D eigenvalue weighted by molar-refractivity contribution is 0.621. The Morgan fingerprint density at radius 2 is 2.21 bits per heavy atom. The molecule has 0 fully saturated rings. The first-order chi connectivity index (χ1) is 6.70. The summed E-state index contributed by atoms with van der Waals surface area (Å²) in [6.07, 6.45) is 1.49. The van der Waals surface area contributed by atoms with Gasteiger partial charge in [0, 0.05) is 5.56 Å². The third-order valence-electron chi connectivity index (χ3n) is 1.89. The van der Waals surface area contributed by atoms with Crippen LogP contribution in [0.25, 0.3) is 11.3 Å². The van der Waals surface area contributed by atoms with Crippen molar-refractivity contribution in [2.45, 2.75) is 0 Å². The quantitative estimate of drug-likeness (QED) is 0.823. The number of hydrogen-bond donors (Lipinski definition) is 2. The van der Waals surface area contributed by atoms with Gasteiger partial charge in [0.2, 0.25) is 0 Å². The molecular weight excluding hydrogens is 249 g/mol. The van der Waals surface area contributed by atoms with E-state index in [0.29, 0.717) is 21.4 Å². The Labute approximate surface area is 88.3 Å². The Kier molecular flexibility index (Phi) is 2.25. The van der Waals surface area contributed by atoms with E-state index in [1.807, 2.05) is 0 Å². The summed E-state index contributed by atoms with van der Waals surface area (Å²) in [6.45, 7) is 0. The number of H-pyrrole nitrogens is 1. The van der Waals surface area contributed by atoms with Crippen molar-refractivity contribution in [3.63, 3.8) is 0 Å². The van der Waals surface area contributed by atoms with Gasteiger partial charge in [-0.1, -0.05) is 12.1 Å². The van der Waals surface area contributed by atoms with E-state index in [1.54, 1.807) is 12.1 Å². The highest BCUT2D eigenvalue weighted by Crippen LogP contribution is 2.31. The molecule has 5 heteroatoms. The second kappa shape index (κ2) is 3.42. The summed E-state index contributed by atoms with van der Waals surface area (Å²) in [5, 5.41) is 6.49. The Bertz CT molecular complexity index is 467. The minimum atomic E-state index is -0.323. The molecule has 0 radical (unpaired) electrons. The topological polar surface area (TPSA) is 54.7 Å². The molecule has 3 nitrogen and oxygen atoms in total. The van der Waals surface area contributed by atoms with Crippen molar-refractivity contribution in [1.82, 2.24) is 10.2 Å². The number of aromatic amines is 1. The Hall–Kier alpha value is -1.36. The Morgan fingerprint density at radius 3 is 2.86 bits per heavy atom. The molecule has 0 aliphatic rings. The van der Waals surface area contributed by atoms with Gasteiger partial charge in [-0.15, -0.1) is 0 Å². The zero-order valence-electron chi connectivity index (χ0n) is 7.09. The molecule has 3 N–H and O–H groups in total. The number of aromatic nitrogens is 2. The van der Waals surface area contributed by atoms with E-state index in [1.165, 1.54) is 12.3 Å². The standard InChI is InChI=1S/C9H7BrFN3/c10-8-5(2-1-3-6(8)11)9-7(12)4-13-14-9/h1-4H,12H2,(H,13,14). The van der Waals surface area contributed by atoms with Crippen molar-refractivity contribution >= 4 is 21.6 Å². The first-order valence-corrected chi connectivity index (χ1v) is 4.72. The number of hydrogen-bond acceptors (Lipinski definition) is 2. The van der Waals surface area contributed by atoms with Gasteiger partial charge in [-0.05, 0) is 22.0 Å². The fourth-order valence-electron chi connectivity index (χ4n) is 1.21. The van der Waals surface area contributed by atoms with E-state index in [2.05, 4.69) is 26.1 Å². The van der Waals surface area contributed by atoms with Gasteiger partial charge < -0.3 is 5.73 Å². The lowest BCUT2D eigenvalue weighted by Crippen LogP contribution is -1.89. The summed E-state index contributed by atoms with van der Waals surface area (Å²) < 4.78 is 13.6. The fourth-order valence-corrected chi connectivity index (χ4v) is 1.67. The van der Waals surface area contributed by atoms with Gasteiger partial charge in [-0.3, -0.25) is 5.10 Å². The minimum Gasteiger partial charge on any atom is -0.396 e. The van der Waals surface area contributed by atoms with Crippen molar-refractivity contribution in [2.24, 2.45) is 0 Å². The molecule has 1 aromatic heterocycles. The average Bonchev–Trinajstić information content (AvgIpc) is 2.57. The summed E-state index contributed by atoms with van der Waals surface area (Å²) in [4.78, 5) is 0. The molecule has 14 heavy (non-hydrogen) atoms. The van der Waals surface area contributed by atoms with Gasteiger partial charge in [-0.2, -0.15) is 5.10 Å². The molecule has 1 heterocycles. The van der Waals surface area contributed by atoms with E-state index in [-0.39, 0.29) is 5.82 Å². The van der Waals surface area contributed by atoms with Crippen molar-refractivity contribution in [3.05, 3.63) is 34.7 Å². The molecule has 0 amide bonds. The van der Waals surface area contributed by atoms with E-state index in [9.17, 15) is 4.39 Å². The zero-order valence-corrected chi connectivity index (χ0v) is 8.68. The van der Waals surface area contributed by atoms with E-state index < -0.39 is 0 Å². The highest BCUT2D eigenvalue weighted by molar-refractivity contribution is 9.10. The van der Waals surface area contributed by atoms with Crippen LogP contribution in [0.15, 0.2) is 28.9 Å².